The first kappa shape index (κ1) is 22.8. The average molecular weight is 461 g/mol. The summed E-state index contributed by atoms with van der Waals surface area (Å²) in [7, 11) is 1.43. The van der Waals surface area contributed by atoms with E-state index in [-0.39, 0.29) is 29.3 Å². The fourth-order valence-electron chi connectivity index (χ4n) is 3.88. The van der Waals surface area contributed by atoms with Crippen molar-refractivity contribution >= 4 is 28.8 Å². The summed E-state index contributed by atoms with van der Waals surface area (Å²) in [5.74, 6) is -0.846. The third-order valence-electron chi connectivity index (χ3n) is 5.62. The molecule has 0 saturated carbocycles. The normalized spacial score (nSPS) is 20.8. The summed E-state index contributed by atoms with van der Waals surface area (Å²) < 4.78 is 61.4. The van der Waals surface area contributed by atoms with Crippen LogP contribution in [-0.2, 0) is 10.9 Å². The van der Waals surface area contributed by atoms with Crippen molar-refractivity contribution < 1.29 is 22.3 Å². The maximum Gasteiger partial charge on any atom is 0.449 e. The number of aromatic nitrogens is 2. The summed E-state index contributed by atoms with van der Waals surface area (Å²) in [6.07, 6.45) is -0.410. The molecule has 6 nitrogen and oxygen atoms in total. The number of nitrogens with one attached hydrogen (secondary N) is 1. The SMILES string of the molecule is C=C(OC)c1ccc2c(c1)nc(C(F)(F)F)n2C1CN=C(NCC2CC(C)=CC=C2F)C=N1. The van der Waals surface area contributed by atoms with E-state index < -0.39 is 18.2 Å². The van der Waals surface area contributed by atoms with E-state index in [2.05, 4.69) is 26.9 Å². The highest BCUT2D eigenvalue weighted by Crippen LogP contribution is 2.35. The molecule has 0 bridgehead atoms. The predicted octanol–water partition coefficient (Wildman–Crippen LogP) is 5.06. The van der Waals surface area contributed by atoms with Crippen LogP contribution < -0.4 is 5.32 Å². The molecule has 0 fully saturated rings. The molecule has 1 aliphatic heterocycles. The van der Waals surface area contributed by atoms with Crippen LogP contribution in [0.1, 0.15) is 30.9 Å². The lowest BCUT2D eigenvalue weighted by Crippen LogP contribution is -2.34. The molecule has 2 unspecified atom stereocenters. The first-order valence-corrected chi connectivity index (χ1v) is 10.3. The zero-order valence-corrected chi connectivity index (χ0v) is 18.2. The molecule has 1 aromatic heterocycles. The van der Waals surface area contributed by atoms with Crippen LogP contribution in [0.5, 0.6) is 0 Å². The fraction of sp³-hybridized carbons (Fsp3) is 0.348. The van der Waals surface area contributed by atoms with Gasteiger partial charge in [-0.05, 0) is 37.6 Å². The smallest absolute Gasteiger partial charge is 0.449 e. The number of nitrogens with zero attached hydrogens (tertiary/aromatic N) is 4. The largest absolute Gasteiger partial charge is 0.497 e. The Morgan fingerprint density at radius 2 is 2.09 bits per heavy atom. The van der Waals surface area contributed by atoms with Crippen molar-refractivity contribution in [3.8, 4) is 0 Å². The van der Waals surface area contributed by atoms with E-state index in [9.17, 15) is 17.6 Å². The molecule has 10 heteroatoms. The van der Waals surface area contributed by atoms with E-state index in [1.807, 2.05) is 6.92 Å². The maximum atomic E-state index is 14.0. The van der Waals surface area contributed by atoms with Crippen LogP contribution in [-0.4, -0.2) is 41.8 Å². The molecule has 1 aromatic carbocycles. The molecule has 0 amide bonds. The van der Waals surface area contributed by atoms with Crippen molar-refractivity contribution in [2.45, 2.75) is 25.7 Å². The minimum absolute atomic E-state index is 0.0121. The number of ether oxygens (including phenoxy) is 1. The number of alkyl halides is 3. The van der Waals surface area contributed by atoms with Crippen molar-refractivity contribution in [3.05, 3.63) is 59.7 Å². The molecule has 2 aromatic rings. The van der Waals surface area contributed by atoms with Crippen LogP contribution >= 0.6 is 0 Å². The quantitative estimate of drug-likeness (QED) is 0.500. The lowest BCUT2D eigenvalue weighted by atomic mass is 9.94. The minimum atomic E-state index is -4.68. The first-order chi connectivity index (χ1) is 15.7. The first-order valence-electron chi connectivity index (χ1n) is 10.3. The number of allylic oxidation sites excluding steroid dienone is 3. The van der Waals surface area contributed by atoms with Gasteiger partial charge in [0.05, 0.1) is 30.9 Å². The van der Waals surface area contributed by atoms with Gasteiger partial charge in [-0.25, -0.2) is 9.37 Å². The molecular formula is C23H23F4N5O. The van der Waals surface area contributed by atoms with E-state index in [1.165, 1.54) is 31.5 Å². The van der Waals surface area contributed by atoms with E-state index in [0.717, 1.165) is 10.1 Å². The van der Waals surface area contributed by atoms with E-state index in [1.54, 1.807) is 12.1 Å². The number of rotatable bonds is 5. The van der Waals surface area contributed by atoms with E-state index >= 15 is 0 Å². The second kappa shape index (κ2) is 8.84. The number of hydrogen-bond donors (Lipinski definition) is 1. The molecule has 174 valence electrons. The van der Waals surface area contributed by atoms with Crippen molar-refractivity contribution in [2.75, 3.05) is 20.2 Å². The Hall–Kier alpha value is -3.43. The number of fused-ring (bicyclic) bond motifs is 1. The Bertz CT molecular complexity index is 1210. The Kier molecular flexibility index (Phi) is 6.09. The number of amidine groups is 1. The molecule has 4 rings (SSSR count). The van der Waals surface area contributed by atoms with Crippen molar-refractivity contribution in [3.63, 3.8) is 0 Å². The second-order valence-electron chi connectivity index (χ2n) is 7.97. The molecule has 2 aliphatic rings. The summed E-state index contributed by atoms with van der Waals surface area (Å²) in [5, 5.41) is 3.04. The lowest BCUT2D eigenvalue weighted by molar-refractivity contribution is -0.147. The van der Waals surface area contributed by atoms with Crippen LogP contribution in [0.4, 0.5) is 17.6 Å². The number of aliphatic imine (C=N–C) groups is 2. The maximum absolute atomic E-state index is 14.0. The standard InChI is InChI=1S/C23H23F4N5O/c1-13-4-6-17(24)16(8-13)10-28-20-11-30-21(12-29-20)32-19-7-5-15(14(2)33-3)9-18(19)31-22(32)23(25,26)27/h4-7,9,11,16,21H,2,8,10,12H2,1,3H3,(H,28,29). The highest BCUT2D eigenvalue weighted by molar-refractivity contribution is 6.29. The van der Waals surface area contributed by atoms with E-state index in [0.29, 0.717) is 30.1 Å². The van der Waals surface area contributed by atoms with Gasteiger partial charge in [-0.1, -0.05) is 18.2 Å². The minimum Gasteiger partial charge on any atom is -0.497 e. The highest BCUT2D eigenvalue weighted by Gasteiger charge is 2.39. The summed E-state index contributed by atoms with van der Waals surface area (Å²) in [4.78, 5) is 12.4. The van der Waals surface area contributed by atoms with Gasteiger partial charge in [-0.15, -0.1) is 0 Å². The molecule has 2 atom stereocenters. The molecule has 1 N–H and O–H groups in total. The summed E-state index contributed by atoms with van der Waals surface area (Å²) >= 11 is 0. The fourth-order valence-corrected chi connectivity index (χ4v) is 3.88. The summed E-state index contributed by atoms with van der Waals surface area (Å²) in [5.41, 5.74) is 2.05. The zero-order chi connectivity index (χ0) is 23.8. The van der Waals surface area contributed by atoms with Gasteiger partial charge in [0.2, 0.25) is 5.82 Å². The van der Waals surface area contributed by atoms with Gasteiger partial charge >= 0.3 is 6.18 Å². The van der Waals surface area contributed by atoms with Gasteiger partial charge in [0, 0.05) is 18.0 Å². The molecule has 0 spiro atoms. The average Bonchev–Trinajstić information content (AvgIpc) is 3.19. The van der Waals surface area contributed by atoms with Crippen LogP contribution in [0.2, 0.25) is 0 Å². The summed E-state index contributed by atoms with van der Waals surface area (Å²) in [6.45, 7) is 5.97. The Morgan fingerprint density at radius 1 is 1.30 bits per heavy atom. The van der Waals surface area contributed by atoms with Crippen molar-refractivity contribution in [2.24, 2.45) is 15.9 Å². The summed E-state index contributed by atoms with van der Waals surface area (Å²) in [6, 6.07) is 4.66. The van der Waals surface area contributed by atoms with Crippen LogP contribution in [0.15, 0.2) is 58.3 Å². The lowest BCUT2D eigenvalue weighted by Gasteiger charge is -2.23. The van der Waals surface area contributed by atoms with Gasteiger partial charge < -0.3 is 10.1 Å². The Morgan fingerprint density at radius 3 is 2.76 bits per heavy atom. The molecule has 0 radical (unpaired) electrons. The molecular weight excluding hydrogens is 438 g/mol. The van der Waals surface area contributed by atoms with Gasteiger partial charge in [0.1, 0.15) is 23.6 Å². The van der Waals surface area contributed by atoms with Gasteiger partial charge in [0.15, 0.2) is 0 Å². The van der Waals surface area contributed by atoms with Crippen molar-refractivity contribution in [1.82, 2.24) is 14.9 Å². The van der Waals surface area contributed by atoms with Crippen LogP contribution in [0, 0.1) is 5.92 Å². The zero-order valence-electron chi connectivity index (χ0n) is 18.2. The molecule has 0 saturated heterocycles. The predicted molar refractivity (Wildman–Crippen MR) is 120 cm³/mol. The van der Waals surface area contributed by atoms with Gasteiger partial charge in [0.25, 0.3) is 0 Å². The third kappa shape index (κ3) is 4.69. The third-order valence-corrected chi connectivity index (χ3v) is 5.62. The number of methoxy groups -OCH3 is 1. The topological polar surface area (TPSA) is 63.8 Å². The number of hydrogen-bond acceptors (Lipinski definition) is 5. The van der Waals surface area contributed by atoms with E-state index in [4.69, 9.17) is 4.74 Å². The van der Waals surface area contributed by atoms with Gasteiger partial charge in [-0.3, -0.25) is 14.6 Å². The molecule has 1 aliphatic carbocycles. The van der Waals surface area contributed by atoms with Crippen LogP contribution in [0.25, 0.3) is 16.8 Å². The highest BCUT2D eigenvalue weighted by atomic mass is 19.4. The number of halogens is 4. The van der Waals surface area contributed by atoms with Crippen molar-refractivity contribution in [1.29, 1.82) is 0 Å². The molecule has 2 heterocycles. The number of benzene rings is 1. The molecule has 33 heavy (non-hydrogen) atoms. The number of imidazole rings is 1. The second-order valence-corrected chi connectivity index (χ2v) is 7.97. The Balaban J connectivity index is 1.55. The van der Waals surface area contributed by atoms with Gasteiger partial charge in [-0.2, -0.15) is 13.2 Å². The Labute approximate surface area is 188 Å². The van der Waals surface area contributed by atoms with Crippen LogP contribution in [0.3, 0.4) is 0 Å². The monoisotopic (exact) mass is 461 g/mol.